The zero-order valence-electron chi connectivity index (χ0n) is 22.2. The molecule has 1 aliphatic rings. The van der Waals surface area contributed by atoms with Crippen LogP contribution >= 0.6 is 0 Å². The molecule has 1 heterocycles. The van der Waals surface area contributed by atoms with Gasteiger partial charge in [0, 0.05) is 25.9 Å². The van der Waals surface area contributed by atoms with Crippen LogP contribution < -0.4 is 10.1 Å². The SMILES string of the molecule is COC(=O)[C@H](Cc1ccc(OCc2ccccc2)cc1)NC(=O)CC1CCN(C(=O)OC(C)(C)C)CC1. The summed E-state index contributed by atoms with van der Waals surface area (Å²) in [5.41, 5.74) is 1.43. The fourth-order valence-corrected chi connectivity index (χ4v) is 4.20. The number of esters is 1. The van der Waals surface area contributed by atoms with Crippen LogP contribution in [0.4, 0.5) is 4.79 Å². The Labute approximate surface area is 219 Å². The van der Waals surface area contributed by atoms with Crippen molar-refractivity contribution in [2.45, 2.75) is 64.7 Å². The Bertz CT molecular complexity index is 1020. The first kappa shape index (κ1) is 28.0. The third-order valence-electron chi connectivity index (χ3n) is 6.17. The summed E-state index contributed by atoms with van der Waals surface area (Å²) < 4.78 is 16.2. The first-order chi connectivity index (χ1) is 17.6. The number of carbonyl (C=O) groups excluding carboxylic acids is 3. The number of likely N-dealkylation sites (tertiary alicyclic amines) is 1. The van der Waals surface area contributed by atoms with Crippen molar-refractivity contribution < 1.29 is 28.6 Å². The smallest absolute Gasteiger partial charge is 0.410 e. The average molecular weight is 511 g/mol. The molecule has 37 heavy (non-hydrogen) atoms. The van der Waals surface area contributed by atoms with E-state index in [1.54, 1.807) is 4.90 Å². The standard InChI is InChI=1S/C29H38N2O6/c1-29(2,3)37-28(34)31-16-14-22(15-17-31)19-26(32)30-25(27(33)35-4)18-21-10-12-24(13-11-21)36-20-23-8-6-5-7-9-23/h5-13,22,25H,14-20H2,1-4H3,(H,30,32)/t25-/m0/s1. The number of benzene rings is 2. The Morgan fingerprint density at radius 1 is 0.973 bits per heavy atom. The summed E-state index contributed by atoms with van der Waals surface area (Å²) in [5, 5.41) is 2.84. The van der Waals surface area contributed by atoms with E-state index in [0.717, 1.165) is 16.9 Å². The Morgan fingerprint density at radius 3 is 2.22 bits per heavy atom. The Hall–Kier alpha value is -3.55. The minimum Gasteiger partial charge on any atom is -0.489 e. The molecule has 0 saturated carbocycles. The van der Waals surface area contributed by atoms with E-state index in [2.05, 4.69) is 5.32 Å². The van der Waals surface area contributed by atoms with Crippen LogP contribution in [0, 0.1) is 5.92 Å². The summed E-state index contributed by atoms with van der Waals surface area (Å²) in [6, 6.07) is 16.6. The number of hydrogen-bond acceptors (Lipinski definition) is 6. The topological polar surface area (TPSA) is 94.2 Å². The lowest BCUT2D eigenvalue weighted by Gasteiger charge is -2.33. The molecular formula is C29H38N2O6. The first-order valence-electron chi connectivity index (χ1n) is 12.7. The molecule has 0 bridgehead atoms. The quantitative estimate of drug-likeness (QED) is 0.499. The molecule has 3 rings (SSSR count). The van der Waals surface area contributed by atoms with Gasteiger partial charge in [-0.15, -0.1) is 0 Å². The Balaban J connectivity index is 1.47. The van der Waals surface area contributed by atoms with Gasteiger partial charge in [-0.3, -0.25) is 4.79 Å². The van der Waals surface area contributed by atoms with E-state index < -0.39 is 17.6 Å². The number of piperidine rings is 1. The molecule has 1 atom stereocenters. The van der Waals surface area contributed by atoms with Crippen molar-refractivity contribution in [3.63, 3.8) is 0 Å². The van der Waals surface area contributed by atoms with Gasteiger partial charge in [0.2, 0.25) is 5.91 Å². The van der Waals surface area contributed by atoms with Crippen LogP contribution in [-0.4, -0.2) is 54.7 Å². The van der Waals surface area contributed by atoms with Crippen LogP contribution in [0.5, 0.6) is 5.75 Å². The summed E-state index contributed by atoms with van der Waals surface area (Å²) in [4.78, 5) is 39.1. The highest BCUT2D eigenvalue weighted by Gasteiger charge is 2.29. The van der Waals surface area contributed by atoms with Gasteiger partial charge in [-0.25, -0.2) is 9.59 Å². The van der Waals surface area contributed by atoms with Crippen molar-refractivity contribution in [3.05, 3.63) is 65.7 Å². The van der Waals surface area contributed by atoms with Gasteiger partial charge in [0.25, 0.3) is 0 Å². The third kappa shape index (κ3) is 9.44. The minimum absolute atomic E-state index is 0.137. The Kier molecular flexibility index (Phi) is 9.94. The highest BCUT2D eigenvalue weighted by Crippen LogP contribution is 2.22. The molecule has 0 unspecified atom stereocenters. The van der Waals surface area contributed by atoms with E-state index in [1.165, 1.54) is 7.11 Å². The molecule has 0 aliphatic carbocycles. The van der Waals surface area contributed by atoms with E-state index in [0.29, 0.717) is 45.4 Å². The zero-order chi connectivity index (χ0) is 26.8. The molecule has 8 nitrogen and oxygen atoms in total. The van der Waals surface area contributed by atoms with Crippen molar-refractivity contribution in [1.82, 2.24) is 10.2 Å². The maximum atomic E-state index is 12.8. The highest BCUT2D eigenvalue weighted by molar-refractivity contribution is 5.84. The van der Waals surface area contributed by atoms with Gasteiger partial charge < -0.3 is 24.4 Å². The van der Waals surface area contributed by atoms with Crippen molar-refractivity contribution in [3.8, 4) is 5.75 Å². The molecule has 2 aromatic rings. The minimum atomic E-state index is -0.782. The monoisotopic (exact) mass is 510 g/mol. The van der Waals surface area contributed by atoms with Crippen LogP contribution in [0.25, 0.3) is 0 Å². The van der Waals surface area contributed by atoms with Crippen LogP contribution in [0.3, 0.4) is 0 Å². The fourth-order valence-electron chi connectivity index (χ4n) is 4.20. The summed E-state index contributed by atoms with van der Waals surface area (Å²) in [7, 11) is 1.31. The maximum Gasteiger partial charge on any atom is 0.410 e. The molecule has 200 valence electrons. The van der Waals surface area contributed by atoms with Gasteiger partial charge in [-0.1, -0.05) is 42.5 Å². The molecule has 2 amide bonds. The summed E-state index contributed by atoms with van der Waals surface area (Å²) in [6.07, 6.45) is 1.70. The number of rotatable bonds is 9. The number of carbonyl (C=O) groups is 3. The zero-order valence-corrected chi connectivity index (χ0v) is 22.2. The van der Waals surface area contributed by atoms with E-state index in [-0.39, 0.29) is 17.9 Å². The summed E-state index contributed by atoms with van der Waals surface area (Å²) in [5.74, 6) is 0.174. The Morgan fingerprint density at radius 2 is 1.62 bits per heavy atom. The van der Waals surface area contributed by atoms with Gasteiger partial charge in [0.1, 0.15) is 24.0 Å². The largest absolute Gasteiger partial charge is 0.489 e. The van der Waals surface area contributed by atoms with Gasteiger partial charge >= 0.3 is 12.1 Å². The molecule has 0 spiro atoms. The van der Waals surface area contributed by atoms with Crippen LogP contribution in [0.15, 0.2) is 54.6 Å². The lowest BCUT2D eigenvalue weighted by atomic mass is 9.93. The first-order valence-corrected chi connectivity index (χ1v) is 12.7. The van der Waals surface area contributed by atoms with Crippen molar-refractivity contribution in [2.24, 2.45) is 5.92 Å². The summed E-state index contributed by atoms with van der Waals surface area (Å²) in [6.45, 7) is 7.09. The van der Waals surface area contributed by atoms with Crippen LogP contribution in [-0.2, 0) is 32.1 Å². The van der Waals surface area contributed by atoms with Crippen molar-refractivity contribution in [2.75, 3.05) is 20.2 Å². The molecule has 0 aromatic heterocycles. The molecule has 1 saturated heterocycles. The predicted molar refractivity (Wildman–Crippen MR) is 140 cm³/mol. The van der Waals surface area contributed by atoms with Gasteiger partial charge in [-0.05, 0) is 62.8 Å². The van der Waals surface area contributed by atoms with Crippen molar-refractivity contribution >= 4 is 18.0 Å². The van der Waals surface area contributed by atoms with Crippen molar-refractivity contribution in [1.29, 1.82) is 0 Å². The number of hydrogen-bond donors (Lipinski definition) is 1. The predicted octanol–water partition coefficient (Wildman–Crippen LogP) is 4.50. The van der Waals surface area contributed by atoms with E-state index in [9.17, 15) is 14.4 Å². The van der Waals surface area contributed by atoms with Crippen LogP contribution in [0.2, 0.25) is 0 Å². The lowest BCUT2D eigenvalue weighted by molar-refractivity contribution is -0.145. The number of methoxy groups -OCH3 is 1. The molecule has 2 aromatic carbocycles. The normalized spacial score (nSPS) is 15.0. The third-order valence-corrected chi connectivity index (χ3v) is 6.17. The number of ether oxygens (including phenoxy) is 3. The number of nitrogens with zero attached hydrogens (tertiary/aromatic N) is 1. The molecule has 0 radical (unpaired) electrons. The second-order valence-corrected chi connectivity index (χ2v) is 10.4. The number of nitrogens with one attached hydrogen (secondary N) is 1. The fraction of sp³-hybridized carbons (Fsp3) is 0.483. The van der Waals surface area contributed by atoms with E-state index in [1.807, 2.05) is 75.4 Å². The van der Waals surface area contributed by atoms with Gasteiger partial charge in [-0.2, -0.15) is 0 Å². The molecule has 8 heteroatoms. The maximum absolute atomic E-state index is 12.8. The van der Waals surface area contributed by atoms with Gasteiger partial charge in [0.15, 0.2) is 0 Å². The highest BCUT2D eigenvalue weighted by atomic mass is 16.6. The van der Waals surface area contributed by atoms with E-state index >= 15 is 0 Å². The molecule has 1 aliphatic heterocycles. The molecular weight excluding hydrogens is 472 g/mol. The second kappa shape index (κ2) is 13.1. The second-order valence-electron chi connectivity index (χ2n) is 10.4. The van der Waals surface area contributed by atoms with Crippen LogP contribution in [0.1, 0.15) is 51.2 Å². The summed E-state index contributed by atoms with van der Waals surface area (Å²) >= 11 is 0. The lowest BCUT2D eigenvalue weighted by Crippen LogP contribution is -2.45. The number of amides is 2. The molecule has 1 fully saturated rings. The molecule has 1 N–H and O–H groups in total. The van der Waals surface area contributed by atoms with E-state index in [4.69, 9.17) is 14.2 Å². The van der Waals surface area contributed by atoms with Gasteiger partial charge in [0.05, 0.1) is 7.11 Å². The average Bonchev–Trinajstić information content (AvgIpc) is 2.87.